The van der Waals surface area contributed by atoms with Crippen LogP contribution in [0.15, 0.2) is 18.3 Å². The second kappa shape index (κ2) is 7.07. The number of nitrogens with zero attached hydrogens (tertiary/aromatic N) is 3. The number of likely N-dealkylation sites (N-methyl/N-ethyl adjacent to an activating group) is 1. The molecule has 1 aromatic rings. The third-order valence-corrected chi connectivity index (χ3v) is 5.54. The summed E-state index contributed by atoms with van der Waals surface area (Å²) >= 11 is 0. The Hall–Kier alpha value is -1.66. The molecule has 2 aliphatic rings. The minimum atomic E-state index is -0.346. The van der Waals surface area contributed by atoms with Gasteiger partial charge in [0.15, 0.2) is 0 Å². The monoisotopic (exact) mass is 333 g/mol. The third kappa shape index (κ3) is 3.26. The fourth-order valence-corrected chi connectivity index (χ4v) is 4.19. The largest absolute Gasteiger partial charge is 0.465 e. The Morgan fingerprint density at radius 1 is 1.21 bits per heavy atom. The lowest BCUT2D eigenvalue weighted by atomic mass is 9.77. The Kier molecular flexibility index (Phi) is 5.06. The van der Waals surface area contributed by atoms with E-state index >= 15 is 0 Å². The van der Waals surface area contributed by atoms with E-state index in [2.05, 4.69) is 28.9 Å². The summed E-state index contributed by atoms with van der Waals surface area (Å²) in [4.78, 5) is 20.6. The van der Waals surface area contributed by atoms with Gasteiger partial charge in [-0.1, -0.05) is 0 Å². The van der Waals surface area contributed by atoms with Gasteiger partial charge in [0.05, 0.1) is 18.8 Å². The van der Waals surface area contributed by atoms with Crippen LogP contribution in [0.3, 0.4) is 0 Å². The number of carbonyl (C=O) groups is 1. The molecule has 0 aromatic carbocycles. The number of pyridine rings is 1. The number of carbonyl (C=O) groups excluding carboxylic acids is 1. The van der Waals surface area contributed by atoms with Gasteiger partial charge < -0.3 is 19.3 Å². The van der Waals surface area contributed by atoms with Crippen molar-refractivity contribution < 1.29 is 14.3 Å². The molecule has 1 aromatic heterocycles. The predicted octanol–water partition coefficient (Wildman–Crippen LogP) is 1.66. The maximum Gasteiger partial charge on any atom is 0.339 e. The summed E-state index contributed by atoms with van der Waals surface area (Å²) in [6, 6.07) is 4.18. The topological polar surface area (TPSA) is 54.9 Å². The molecule has 0 unspecified atom stereocenters. The van der Waals surface area contributed by atoms with Crippen LogP contribution >= 0.6 is 0 Å². The van der Waals surface area contributed by atoms with Crippen LogP contribution in [0.1, 0.15) is 23.2 Å². The highest BCUT2D eigenvalue weighted by Gasteiger charge is 2.43. The molecule has 0 bridgehead atoms. The predicted molar refractivity (Wildman–Crippen MR) is 92.3 cm³/mol. The molecule has 0 amide bonds. The van der Waals surface area contributed by atoms with Crippen molar-refractivity contribution in [2.45, 2.75) is 25.0 Å². The minimum absolute atomic E-state index is 0.302. The molecule has 2 fully saturated rings. The summed E-state index contributed by atoms with van der Waals surface area (Å²) in [5, 5.41) is 0. The van der Waals surface area contributed by atoms with Crippen molar-refractivity contribution in [2.75, 3.05) is 46.3 Å². The number of aromatic nitrogens is 1. The van der Waals surface area contributed by atoms with Crippen molar-refractivity contribution >= 4 is 11.8 Å². The van der Waals surface area contributed by atoms with E-state index in [9.17, 15) is 4.79 Å². The first-order chi connectivity index (χ1) is 11.5. The number of rotatable bonds is 4. The van der Waals surface area contributed by atoms with E-state index < -0.39 is 0 Å². The Balaban J connectivity index is 1.70. The summed E-state index contributed by atoms with van der Waals surface area (Å²) < 4.78 is 10.5. The van der Waals surface area contributed by atoms with Gasteiger partial charge in [-0.2, -0.15) is 0 Å². The van der Waals surface area contributed by atoms with Crippen LogP contribution in [0.5, 0.6) is 0 Å². The van der Waals surface area contributed by atoms with Gasteiger partial charge in [0.2, 0.25) is 0 Å². The SMILES string of the molecule is COC(=O)c1ccc(N2C[C@H]3C[C@@H](N(C)C)[C@H](OC)C[C@H]3C2)nc1. The number of hydrogen-bond donors (Lipinski definition) is 0. The molecule has 0 spiro atoms. The number of ether oxygens (including phenoxy) is 2. The Morgan fingerprint density at radius 3 is 2.46 bits per heavy atom. The third-order valence-electron chi connectivity index (χ3n) is 5.54. The molecule has 6 heteroatoms. The van der Waals surface area contributed by atoms with Crippen molar-refractivity contribution in [3.8, 4) is 0 Å². The molecule has 6 nitrogen and oxygen atoms in total. The molecular formula is C18H27N3O3. The fraction of sp³-hybridized carbons (Fsp3) is 0.667. The summed E-state index contributed by atoms with van der Waals surface area (Å²) in [7, 11) is 7.48. The van der Waals surface area contributed by atoms with Gasteiger partial charge in [0, 0.05) is 32.4 Å². The molecule has 0 radical (unpaired) electrons. The van der Waals surface area contributed by atoms with Crippen LogP contribution in [0.25, 0.3) is 0 Å². The van der Waals surface area contributed by atoms with Crippen molar-refractivity contribution in [1.29, 1.82) is 0 Å². The normalized spacial score (nSPS) is 29.6. The lowest BCUT2D eigenvalue weighted by molar-refractivity contribution is -0.0209. The van der Waals surface area contributed by atoms with Gasteiger partial charge in [0.1, 0.15) is 5.82 Å². The van der Waals surface area contributed by atoms with Gasteiger partial charge >= 0.3 is 5.97 Å². The quantitative estimate of drug-likeness (QED) is 0.781. The zero-order valence-electron chi connectivity index (χ0n) is 14.9. The first-order valence-corrected chi connectivity index (χ1v) is 8.52. The van der Waals surface area contributed by atoms with Crippen molar-refractivity contribution in [1.82, 2.24) is 9.88 Å². The van der Waals surface area contributed by atoms with Crippen LogP contribution in [0, 0.1) is 11.8 Å². The van der Waals surface area contributed by atoms with Crippen molar-refractivity contribution in [3.05, 3.63) is 23.9 Å². The van der Waals surface area contributed by atoms with Gasteiger partial charge in [-0.15, -0.1) is 0 Å². The summed E-state index contributed by atoms with van der Waals surface area (Å²) in [6.07, 6.45) is 4.16. The van der Waals surface area contributed by atoms with Crippen LogP contribution in [-0.4, -0.2) is 69.4 Å². The first-order valence-electron chi connectivity index (χ1n) is 8.52. The van der Waals surface area contributed by atoms with E-state index in [4.69, 9.17) is 9.47 Å². The number of esters is 1. The fourth-order valence-electron chi connectivity index (χ4n) is 4.19. The molecule has 1 saturated heterocycles. The molecule has 1 aliphatic carbocycles. The summed E-state index contributed by atoms with van der Waals surface area (Å²) in [5.41, 5.74) is 0.491. The van der Waals surface area contributed by atoms with E-state index in [1.165, 1.54) is 7.11 Å². The standard InChI is InChI=1S/C18H27N3O3/c1-20(2)15-7-13-10-21(11-14(13)8-16(15)23-3)17-6-5-12(9-19-17)18(22)24-4/h5-6,9,13-16H,7-8,10-11H2,1-4H3/t13-,14+,15-,16-/m1/s1. The summed E-state index contributed by atoms with van der Waals surface area (Å²) in [6.45, 7) is 2.03. The Bertz CT molecular complexity index is 575. The average Bonchev–Trinajstić information content (AvgIpc) is 3.02. The van der Waals surface area contributed by atoms with Crippen LogP contribution < -0.4 is 4.90 Å². The van der Waals surface area contributed by atoms with Crippen LogP contribution in [-0.2, 0) is 9.47 Å². The Morgan fingerprint density at radius 2 is 1.92 bits per heavy atom. The molecule has 1 saturated carbocycles. The molecule has 2 heterocycles. The van der Waals surface area contributed by atoms with E-state index in [-0.39, 0.29) is 5.97 Å². The van der Waals surface area contributed by atoms with Crippen LogP contribution in [0.4, 0.5) is 5.82 Å². The molecular weight excluding hydrogens is 306 g/mol. The van der Waals surface area contributed by atoms with Gasteiger partial charge in [-0.3, -0.25) is 0 Å². The average molecular weight is 333 g/mol. The number of anilines is 1. The molecule has 0 N–H and O–H groups in total. The molecule has 4 atom stereocenters. The zero-order valence-corrected chi connectivity index (χ0v) is 14.9. The zero-order chi connectivity index (χ0) is 17.3. The van der Waals surface area contributed by atoms with E-state index in [0.29, 0.717) is 29.5 Å². The maximum atomic E-state index is 11.5. The van der Waals surface area contributed by atoms with Crippen molar-refractivity contribution in [3.63, 3.8) is 0 Å². The van der Waals surface area contributed by atoms with Crippen molar-refractivity contribution in [2.24, 2.45) is 11.8 Å². The second-order valence-electron chi connectivity index (χ2n) is 7.10. The lowest BCUT2D eigenvalue weighted by Gasteiger charge is -2.40. The number of methoxy groups -OCH3 is 2. The molecule has 3 rings (SSSR count). The maximum absolute atomic E-state index is 11.5. The highest BCUT2D eigenvalue weighted by atomic mass is 16.5. The number of fused-ring (bicyclic) bond motifs is 1. The van der Waals surface area contributed by atoms with E-state index in [1.54, 1.807) is 12.3 Å². The van der Waals surface area contributed by atoms with E-state index in [0.717, 1.165) is 31.7 Å². The lowest BCUT2D eigenvalue weighted by Crippen LogP contribution is -2.47. The number of hydrogen-bond acceptors (Lipinski definition) is 6. The minimum Gasteiger partial charge on any atom is -0.465 e. The van der Waals surface area contributed by atoms with E-state index in [1.807, 2.05) is 13.2 Å². The highest BCUT2D eigenvalue weighted by molar-refractivity contribution is 5.89. The molecule has 132 valence electrons. The molecule has 24 heavy (non-hydrogen) atoms. The van der Waals surface area contributed by atoms with Gasteiger partial charge in [0.25, 0.3) is 0 Å². The van der Waals surface area contributed by atoms with Gasteiger partial charge in [-0.05, 0) is 50.9 Å². The summed E-state index contributed by atoms with van der Waals surface area (Å²) in [5.74, 6) is 1.91. The first kappa shape index (κ1) is 17.2. The second-order valence-corrected chi connectivity index (χ2v) is 7.10. The Labute approximate surface area is 143 Å². The highest BCUT2D eigenvalue weighted by Crippen LogP contribution is 2.39. The smallest absolute Gasteiger partial charge is 0.339 e. The van der Waals surface area contributed by atoms with Crippen LogP contribution in [0.2, 0.25) is 0 Å². The molecule has 1 aliphatic heterocycles. The van der Waals surface area contributed by atoms with Gasteiger partial charge in [-0.25, -0.2) is 9.78 Å².